The minimum atomic E-state index is -0.310. The highest BCUT2D eigenvalue weighted by Crippen LogP contribution is 2.26. The molecule has 0 bridgehead atoms. The fraction of sp³-hybridized carbons (Fsp3) is 0.611. The highest BCUT2D eigenvalue weighted by atomic mass is 16.1. The predicted molar refractivity (Wildman–Crippen MR) is 82.1 cm³/mol. The Hall–Kier alpha value is -1.15. The standard InChI is InChI=1S/C18H25NO/c1-18(2,19-10-3-4-11-19)17(20)13-14-8-9-15-6-5-7-16(15)12-14/h8-9,12H,3-7,10-11,13H2,1-2H3. The molecule has 0 saturated carbocycles. The van der Waals surface area contributed by atoms with Gasteiger partial charge >= 0.3 is 0 Å². The van der Waals surface area contributed by atoms with E-state index in [4.69, 9.17) is 0 Å². The summed E-state index contributed by atoms with van der Waals surface area (Å²) in [7, 11) is 0. The van der Waals surface area contributed by atoms with Crippen molar-refractivity contribution in [2.75, 3.05) is 13.1 Å². The van der Waals surface area contributed by atoms with Crippen LogP contribution in [0.15, 0.2) is 18.2 Å². The van der Waals surface area contributed by atoms with Gasteiger partial charge in [-0.25, -0.2) is 0 Å². The smallest absolute Gasteiger partial charge is 0.156 e. The van der Waals surface area contributed by atoms with Crippen LogP contribution < -0.4 is 0 Å². The summed E-state index contributed by atoms with van der Waals surface area (Å²) >= 11 is 0. The molecule has 20 heavy (non-hydrogen) atoms. The number of ketones is 1. The number of hydrogen-bond donors (Lipinski definition) is 0. The van der Waals surface area contributed by atoms with Crippen LogP contribution in [-0.2, 0) is 24.1 Å². The summed E-state index contributed by atoms with van der Waals surface area (Å²) < 4.78 is 0. The lowest BCUT2D eigenvalue weighted by molar-refractivity contribution is -0.128. The van der Waals surface area contributed by atoms with Crippen molar-refractivity contribution < 1.29 is 4.79 Å². The molecule has 3 rings (SSSR count). The number of rotatable bonds is 4. The summed E-state index contributed by atoms with van der Waals surface area (Å²) in [6, 6.07) is 6.65. The molecule has 0 spiro atoms. The molecular weight excluding hydrogens is 246 g/mol. The molecule has 0 radical (unpaired) electrons. The molecule has 1 fully saturated rings. The number of benzene rings is 1. The molecule has 0 N–H and O–H groups in total. The molecule has 2 nitrogen and oxygen atoms in total. The van der Waals surface area contributed by atoms with Gasteiger partial charge in [0.15, 0.2) is 5.78 Å². The Kier molecular flexibility index (Phi) is 3.68. The zero-order valence-corrected chi connectivity index (χ0v) is 12.7. The van der Waals surface area contributed by atoms with Gasteiger partial charge in [0.05, 0.1) is 5.54 Å². The second-order valence-corrected chi connectivity index (χ2v) is 6.81. The van der Waals surface area contributed by atoms with E-state index < -0.39 is 0 Å². The van der Waals surface area contributed by atoms with Crippen molar-refractivity contribution in [3.05, 3.63) is 34.9 Å². The van der Waals surface area contributed by atoms with Gasteiger partial charge in [-0.1, -0.05) is 18.2 Å². The van der Waals surface area contributed by atoms with Crippen LogP contribution in [0.3, 0.4) is 0 Å². The quantitative estimate of drug-likeness (QED) is 0.838. The number of hydrogen-bond acceptors (Lipinski definition) is 2. The summed E-state index contributed by atoms with van der Waals surface area (Å²) in [5, 5.41) is 0. The maximum atomic E-state index is 12.7. The molecule has 0 unspecified atom stereocenters. The zero-order valence-electron chi connectivity index (χ0n) is 12.7. The zero-order chi connectivity index (χ0) is 14.2. The Morgan fingerprint density at radius 1 is 1.10 bits per heavy atom. The molecule has 1 aliphatic heterocycles. The minimum Gasteiger partial charge on any atom is -0.297 e. The molecule has 0 aromatic heterocycles. The van der Waals surface area contributed by atoms with E-state index in [-0.39, 0.29) is 5.54 Å². The number of aryl methyl sites for hydroxylation is 2. The highest BCUT2D eigenvalue weighted by Gasteiger charge is 2.35. The van der Waals surface area contributed by atoms with Gasteiger partial charge in [0.2, 0.25) is 0 Å². The fourth-order valence-corrected chi connectivity index (χ4v) is 3.59. The third kappa shape index (κ3) is 2.54. The monoisotopic (exact) mass is 271 g/mol. The molecule has 0 amide bonds. The van der Waals surface area contributed by atoms with E-state index in [2.05, 4.69) is 36.9 Å². The van der Waals surface area contributed by atoms with Crippen LogP contribution in [0.4, 0.5) is 0 Å². The van der Waals surface area contributed by atoms with Crippen molar-refractivity contribution in [3.63, 3.8) is 0 Å². The third-order valence-corrected chi connectivity index (χ3v) is 5.11. The van der Waals surface area contributed by atoms with Gasteiger partial charge in [-0.3, -0.25) is 9.69 Å². The van der Waals surface area contributed by atoms with E-state index in [1.807, 2.05) is 0 Å². The molecule has 1 saturated heterocycles. The van der Waals surface area contributed by atoms with Crippen molar-refractivity contribution in [1.82, 2.24) is 4.90 Å². The first-order valence-corrected chi connectivity index (χ1v) is 7.96. The van der Waals surface area contributed by atoms with Crippen LogP contribution in [0, 0.1) is 0 Å². The number of nitrogens with zero attached hydrogens (tertiary/aromatic N) is 1. The van der Waals surface area contributed by atoms with Crippen LogP contribution in [-0.4, -0.2) is 29.3 Å². The molecule has 1 aliphatic carbocycles. The summed E-state index contributed by atoms with van der Waals surface area (Å²) in [6.45, 7) is 6.33. The Balaban J connectivity index is 1.72. The van der Waals surface area contributed by atoms with E-state index in [1.165, 1.54) is 48.8 Å². The van der Waals surface area contributed by atoms with E-state index in [1.54, 1.807) is 0 Å². The Bertz CT molecular complexity index is 512. The molecule has 1 aromatic rings. The fourth-order valence-electron chi connectivity index (χ4n) is 3.59. The molecule has 2 heteroatoms. The average Bonchev–Trinajstić information content (AvgIpc) is 3.09. The van der Waals surface area contributed by atoms with Gasteiger partial charge < -0.3 is 0 Å². The van der Waals surface area contributed by atoms with E-state index >= 15 is 0 Å². The van der Waals surface area contributed by atoms with Gasteiger partial charge in [0.1, 0.15) is 0 Å². The maximum Gasteiger partial charge on any atom is 0.156 e. The average molecular weight is 271 g/mol. The number of fused-ring (bicyclic) bond motifs is 1. The normalized spacial score (nSPS) is 19.3. The lowest BCUT2D eigenvalue weighted by Gasteiger charge is -2.34. The third-order valence-electron chi connectivity index (χ3n) is 5.11. The van der Waals surface area contributed by atoms with Gasteiger partial charge in [-0.05, 0) is 75.7 Å². The first-order chi connectivity index (χ1) is 9.57. The van der Waals surface area contributed by atoms with E-state index in [9.17, 15) is 4.79 Å². The SMILES string of the molecule is CC(C)(C(=O)Cc1ccc2c(c1)CCC2)N1CCCC1. The van der Waals surface area contributed by atoms with Crippen molar-refractivity contribution in [3.8, 4) is 0 Å². The van der Waals surface area contributed by atoms with Crippen LogP contribution >= 0.6 is 0 Å². The molecular formula is C18H25NO. The molecule has 1 heterocycles. The first-order valence-electron chi connectivity index (χ1n) is 7.96. The van der Waals surface area contributed by atoms with Crippen molar-refractivity contribution >= 4 is 5.78 Å². The predicted octanol–water partition coefficient (Wildman–Crippen LogP) is 3.16. The highest BCUT2D eigenvalue weighted by molar-refractivity contribution is 5.89. The second kappa shape index (κ2) is 5.33. The van der Waals surface area contributed by atoms with Gasteiger partial charge in [-0.2, -0.15) is 0 Å². The summed E-state index contributed by atoms with van der Waals surface area (Å²) in [5.41, 5.74) is 3.84. The van der Waals surface area contributed by atoms with Crippen molar-refractivity contribution in [2.24, 2.45) is 0 Å². The van der Waals surface area contributed by atoms with Crippen LogP contribution in [0.25, 0.3) is 0 Å². The molecule has 1 aromatic carbocycles. The topological polar surface area (TPSA) is 20.3 Å². The Labute approximate surface area is 122 Å². The lowest BCUT2D eigenvalue weighted by Crippen LogP contribution is -2.49. The lowest BCUT2D eigenvalue weighted by atomic mass is 9.91. The summed E-state index contributed by atoms with van der Waals surface area (Å²) in [6.07, 6.45) is 6.71. The number of carbonyl (C=O) groups is 1. The largest absolute Gasteiger partial charge is 0.297 e. The number of likely N-dealkylation sites (tertiary alicyclic amines) is 1. The molecule has 0 atom stereocenters. The van der Waals surface area contributed by atoms with Crippen LogP contribution in [0.2, 0.25) is 0 Å². The summed E-state index contributed by atoms with van der Waals surface area (Å²) in [4.78, 5) is 15.0. The Morgan fingerprint density at radius 3 is 2.55 bits per heavy atom. The van der Waals surface area contributed by atoms with Crippen molar-refractivity contribution in [2.45, 2.75) is 57.9 Å². The van der Waals surface area contributed by atoms with Crippen LogP contribution in [0.1, 0.15) is 49.8 Å². The van der Waals surface area contributed by atoms with Crippen molar-refractivity contribution in [1.29, 1.82) is 0 Å². The van der Waals surface area contributed by atoms with Gasteiger partial charge in [-0.15, -0.1) is 0 Å². The minimum absolute atomic E-state index is 0.310. The Morgan fingerprint density at radius 2 is 1.80 bits per heavy atom. The first kappa shape index (κ1) is 13.8. The molecule has 2 aliphatic rings. The van der Waals surface area contributed by atoms with Gasteiger partial charge in [0.25, 0.3) is 0 Å². The summed E-state index contributed by atoms with van der Waals surface area (Å²) in [5.74, 6) is 0.359. The molecule has 108 valence electrons. The van der Waals surface area contributed by atoms with E-state index in [0.29, 0.717) is 12.2 Å². The van der Waals surface area contributed by atoms with E-state index in [0.717, 1.165) is 13.1 Å². The number of Topliss-reactive ketones (excluding diaryl/α,β-unsaturated/α-hetero) is 1. The van der Waals surface area contributed by atoms with Crippen LogP contribution in [0.5, 0.6) is 0 Å². The number of carbonyl (C=O) groups excluding carboxylic acids is 1. The maximum absolute atomic E-state index is 12.7. The second-order valence-electron chi connectivity index (χ2n) is 6.81. The van der Waals surface area contributed by atoms with Gasteiger partial charge in [0, 0.05) is 6.42 Å².